The second kappa shape index (κ2) is 4.88. The Bertz CT molecular complexity index is 598. The van der Waals surface area contributed by atoms with Crippen LogP contribution in [0.3, 0.4) is 0 Å². The lowest BCUT2D eigenvalue weighted by Gasteiger charge is -2.29. The van der Waals surface area contributed by atoms with E-state index < -0.39 is 5.97 Å². The van der Waals surface area contributed by atoms with Crippen LogP contribution in [-0.4, -0.2) is 5.97 Å². The molecule has 0 fully saturated rings. The van der Waals surface area contributed by atoms with Crippen molar-refractivity contribution < 1.29 is 9.90 Å². The zero-order valence-electron chi connectivity index (χ0n) is 11.4. The molecule has 0 saturated heterocycles. The third-order valence-electron chi connectivity index (χ3n) is 3.65. The van der Waals surface area contributed by atoms with Gasteiger partial charge in [0.2, 0.25) is 0 Å². The maximum atomic E-state index is 11.4. The van der Waals surface area contributed by atoms with Gasteiger partial charge < -0.3 is 9.90 Å². The van der Waals surface area contributed by atoms with Gasteiger partial charge in [0.1, 0.15) is 0 Å². The number of rotatable bonds is 3. The zero-order chi connectivity index (χ0) is 14.0. The molecule has 0 saturated carbocycles. The smallest absolute Gasteiger partial charge is 0.0721 e. The Morgan fingerprint density at radius 2 is 1.63 bits per heavy atom. The van der Waals surface area contributed by atoms with Crippen LogP contribution in [0.1, 0.15) is 40.9 Å². The van der Waals surface area contributed by atoms with Crippen molar-refractivity contribution in [2.45, 2.75) is 26.2 Å². The highest BCUT2D eigenvalue weighted by Crippen LogP contribution is 2.34. The van der Waals surface area contributed by atoms with Gasteiger partial charge in [-0.25, -0.2) is 0 Å². The number of carbonyl (C=O) groups excluding carboxylic acids is 1. The van der Waals surface area contributed by atoms with E-state index in [4.69, 9.17) is 0 Å². The van der Waals surface area contributed by atoms with Crippen LogP contribution in [0.4, 0.5) is 0 Å². The lowest BCUT2D eigenvalue weighted by atomic mass is 9.75. The normalized spacial score (nSPS) is 11.3. The van der Waals surface area contributed by atoms with Gasteiger partial charge in [0.15, 0.2) is 0 Å². The Kier molecular flexibility index (Phi) is 3.43. The van der Waals surface area contributed by atoms with Crippen molar-refractivity contribution in [2.24, 2.45) is 0 Å². The molecule has 19 heavy (non-hydrogen) atoms. The maximum absolute atomic E-state index is 11.4. The van der Waals surface area contributed by atoms with Crippen LogP contribution in [0.15, 0.2) is 48.5 Å². The van der Waals surface area contributed by atoms with Crippen molar-refractivity contribution >= 4 is 5.97 Å². The number of aryl methyl sites for hydroxylation is 1. The highest BCUT2D eigenvalue weighted by Gasteiger charge is 2.26. The minimum Gasteiger partial charge on any atom is -0.545 e. The third kappa shape index (κ3) is 2.39. The number of benzene rings is 2. The summed E-state index contributed by atoms with van der Waals surface area (Å²) in [6, 6.07) is 15.5. The van der Waals surface area contributed by atoms with Crippen molar-refractivity contribution in [1.29, 1.82) is 0 Å². The molecular formula is C17H17O2-. The second-order valence-corrected chi connectivity index (χ2v) is 5.28. The lowest BCUT2D eigenvalue weighted by molar-refractivity contribution is -0.255. The topological polar surface area (TPSA) is 40.1 Å². The molecule has 0 amide bonds. The number of hydrogen-bond acceptors (Lipinski definition) is 2. The molecular weight excluding hydrogens is 236 g/mol. The van der Waals surface area contributed by atoms with E-state index >= 15 is 0 Å². The van der Waals surface area contributed by atoms with Crippen molar-refractivity contribution in [3.05, 3.63) is 70.8 Å². The highest BCUT2D eigenvalue weighted by atomic mass is 16.4. The van der Waals surface area contributed by atoms with Crippen molar-refractivity contribution in [1.82, 2.24) is 0 Å². The first kappa shape index (κ1) is 13.3. The Hall–Kier alpha value is -2.09. The summed E-state index contributed by atoms with van der Waals surface area (Å²) < 4.78 is 0. The molecule has 2 rings (SSSR count). The Morgan fingerprint density at radius 1 is 1.00 bits per heavy atom. The van der Waals surface area contributed by atoms with E-state index in [2.05, 4.69) is 0 Å². The quantitative estimate of drug-likeness (QED) is 0.843. The number of hydrogen-bond donors (Lipinski definition) is 0. The fourth-order valence-corrected chi connectivity index (χ4v) is 2.47. The average molecular weight is 253 g/mol. The first-order valence-electron chi connectivity index (χ1n) is 6.31. The number of carboxylic acids is 1. The van der Waals surface area contributed by atoms with Crippen LogP contribution in [0, 0.1) is 6.92 Å². The van der Waals surface area contributed by atoms with Crippen LogP contribution in [0.25, 0.3) is 0 Å². The minimum atomic E-state index is -1.11. The van der Waals surface area contributed by atoms with Gasteiger partial charge >= 0.3 is 0 Å². The van der Waals surface area contributed by atoms with Crippen LogP contribution < -0.4 is 5.11 Å². The molecule has 0 radical (unpaired) electrons. The average Bonchev–Trinajstić information content (AvgIpc) is 2.39. The van der Waals surface area contributed by atoms with Gasteiger partial charge in [-0.2, -0.15) is 0 Å². The van der Waals surface area contributed by atoms with Crippen molar-refractivity contribution in [2.75, 3.05) is 0 Å². The molecule has 2 aromatic rings. The van der Waals surface area contributed by atoms with Crippen LogP contribution in [0.2, 0.25) is 0 Å². The Balaban J connectivity index is 2.65. The van der Waals surface area contributed by atoms with E-state index in [9.17, 15) is 9.90 Å². The summed E-state index contributed by atoms with van der Waals surface area (Å²) in [6.07, 6.45) is 0. The summed E-state index contributed by atoms with van der Waals surface area (Å²) in [4.78, 5) is 11.4. The van der Waals surface area contributed by atoms with E-state index in [1.165, 1.54) is 0 Å². The molecule has 0 aliphatic carbocycles. The van der Waals surface area contributed by atoms with Crippen LogP contribution >= 0.6 is 0 Å². The fourth-order valence-electron chi connectivity index (χ4n) is 2.47. The summed E-state index contributed by atoms with van der Waals surface area (Å²) in [5, 5.41) is 11.4. The monoisotopic (exact) mass is 253 g/mol. The van der Waals surface area contributed by atoms with E-state index in [-0.39, 0.29) is 5.41 Å². The molecule has 0 spiro atoms. The number of aromatic carboxylic acids is 1. The molecule has 0 atom stereocenters. The van der Waals surface area contributed by atoms with Crippen LogP contribution in [-0.2, 0) is 5.41 Å². The van der Waals surface area contributed by atoms with Crippen molar-refractivity contribution in [3.8, 4) is 0 Å². The molecule has 0 aliphatic rings. The Labute approximate surface area is 113 Å². The minimum absolute atomic E-state index is 0.302. The standard InChI is InChI=1S/C17H18O2/c1-12-8-7-11-14(15(12)16(18)19)17(2,3)13-9-5-4-6-10-13/h4-11H,1-3H3,(H,18,19)/p-1. The maximum Gasteiger partial charge on any atom is 0.0721 e. The van der Waals surface area contributed by atoms with Gasteiger partial charge in [-0.3, -0.25) is 0 Å². The summed E-state index contributed by atoms with van der Waals surface area (Å²) in [6.45, 7) is 5.86. The number of carbonyl (C=O) groups is 1. The molecule has 0 aliphatic heterocycles. The predicted octanol–water partition coefficient (Wildman–Crippen LogP) is 2.68. The van der Waals surface area contributed by atoms with Crippen molar-refractivity contribution in [3.63, 3.8) is 0 Å². The first-order chi connectivity index (χ1) is 8.94. The molecule has 0 aromatic heterocycles. The summed E-state index contributed by atoms with van der Waals surface area (Å²) in [7, 11) is 0. The molecule has 0 N–H and O–H groups in total. The van der Waals surface area contributed by atoms with E-state index in [1.807, 2.05) is 56.3 Å². The van der Waals surface area contributed by atoms with Gasteiger partial charge in [-0.05, 0) is 23.6 Å². The van der Waals surface area contributed by atoms with E-state index in [0.717, 1.165) is 16.7 Å². The highest BCUT2D eigenvalue weighted by molar-refractivity contribution is 5.90. The molecule has 2 aromatic carbocycles. The molecule has 0 heterocycles. The molecule has 2 heteroatoms. The summed E-state index contributed by atoms with van der Waals surface area (Å²) in [5.41, 5.74) is 2.54. The molecule has 2 nitrogen and oxygen atoms in total. The molecule has 0 unspecified atom stereocenters. The van der Waals surface area contributed by atoms with Crippen LogP contribution in [0.5, 0.6) is 0 Å². The van der Waals surface area contributed by atoms with Gasteiger partial charge in [0.05, 0.1) is 5.97 Å². The number of carboxylic acid groups (broad SMARTS) is 1. The van der Waals surface area contributed by atoms with Gasteiger partial charge in [-0.15, -0.1) is 0 Å². The zero-order valence-corrected chi connectivity index (χ0v) is 11.4. The SMILES string of the molecule is Cc1cccc(C(C)(C)c2ccccc2)c1C(=O)[O-]. The third-order valence-corrected chi connectivity index (χ3v) is 3.65. The molecule has 98 valence electrons. The van der Waals surface area contributed by atoms with E-state index in [1.54, 1.807) is 13.0 Å². The fraction of sp³-hybridized carbons (Fsp3) is 0.235. The van der Waals surface area contributed by atoms with Gasteiger partial charge in [0, 0.05) is 11.0 Å². The molecule has 0 bridgehead atoms. The van der Waals surface area contributed by atoms with Gasteiger partial charge in [-0.1, -0.05) is 62.4 Å². The van der Waals surface area contributed by atoms with E-state index in [0.29, 0.717) is 5.56 Å². The summed E-state index contributed by atoms with van der Waals surface area (Å²) in [5.74, 6) is -1.11. The lowest BCUT2D eigenvalue weighted by Crippen LogP contribution is -2.30. The first-order valence-corrected chi connectivity index (χ1v) is 6.31. The second-order valence-electron chi connectivity index (χ2n) is 5.28. The summed E-state index contributed by atoms with van der Waals surface area (Å²) >= 11 is 0. The predicted molar refractivity (Wildman–Crippen MR) is 74.1 cm³/mol. The Morgan fingerprint density at radius 3 is 2.21 bits per heavy atom. The largest absolute Gasteiger partial charge is 0.545 e. The van der Waals surface area contributed by atoms with Gasteiger partial charge in [0.25, 0.3) is 0 Å².